The number of fused-ring (bicyclic) bond motifs is 2. The number of amides is 1. The van der Waals surface area contributed by atoms with Crippen LogP contribution >= 0.6 is 24.8 Å². The number of benzene rings is 1. The summed E-state index contributed by atoms with van der Waals surface area (Å²) in [7, 11) is 0. The van der Waals surface area contributed by atoms with E-state index in [4.69, 9.17) is 4.74 Å². The maximum Gasteiger partial charge on any atom is 0.274 e. The standard InChI is InChI=1S/C22H27FN4O3.2ClH/c23-16-1-3-17(4-2-16)30-20-10-15-12-27(11-14(15)9-19(20)28)22(29)18-13-26-8-7-24-6-5-21(26)25-18;;/h1-4,13-15,19-20,24,28H,5-12H2;2*1H/t14-,15+,19+,20+;;/m0../s1. The van der Waals surface area contributed by atoms with Gasteiger partial charge in [0.25, 0.3) is 5.91 Å². The first-order valence-electron chi connectivity index (χ1n) is 10.7. The van der Waals surface area contributed by atoms with Gasteiger partial charge in [-0.2, -0.15) is 0 Å². The number of rotatable bonds is 3. The van der Waals surface area contributed by atoms with E-state index in [2.05, 4.69) is 14.9 Å². The second-order valence-electron chi connectivity index (χ2n) is 8.62. The fourth-order valence-corrected chi connectivity index (χ4v) is 5.01. The van der Waals surface area contributed by atoms with Crippen LogP contribution in [0.1, 0.15) is 29.2 Å². The van der Waals surface area contributed by atoms with Crippen LogP contribution in [0.25, 0.3) is 0 Å². The van der Waals surface area contributed by atoms with Crippen LogP contribution in [0.4, 0.5) is 4.39 Å². The Bertz CT molecular complexity index is 903. The first kappa shape index (κ1) is 24.8. The Morgan fingerprint density at radius 2 is 1.84 bits per heavy atom. The summed E-state index contributed by atoms with van der Waals surface area (Å²) in [4.78, 5) is 19.6. The Morgan fingerprint density at radius 1 is 1.12 bits per heavy atom. The summed E-state index contributed by atoms with van der Waals surface area (Å²) in [6.45, 7) is 3.90. The normalized spacial score (nSPS) is 26.8. The van der Waals surface area contributed by atoms with Gasteiger partial charge in [-0.3, -0.25) is 4.79 Å². The Morgan fingerprint density at radius 3 is 2.59 bits per heavy atom. The van der Waals surface area contributed by atoms with Gasteiger partial charge in [0.15, 0.2) is 0 Å². The lowest BCUT2D eigenvalue weighted by atomic mass is 9.78. The summed E-state index contributed by atoms with van der Waals surface area (Å²) in [5, 5.41) is 13.9. The zero-order valence-corrected chi connectivity index (χ0v) is 19.3. The van der Waals surface area contributed by atoms with Crippen molar-refractivity contribution in [1.29, 1.82) is 0 Å². The molecule has 1 aromatic heterocycles. The molecular weight excluding hydrogens is 458 g/mol. The van der Waals surface area contributed by atoms with Gasteiger partial charge in [0.2, 0.25) is 0 Å². The number of aromatic nitrogens is 2. The van der Waals surface area contributed by atoms with E-state index >= 15 is 0 Å². The number of aliphatic hydroxyl groups excluding tert-OH is 1. The fraction of sp³-hybridized carbons (Fsp3) is 0.545. The molecular formula is C22H29Cl2FN4O3. The van der Waals surface area contributed by atoms with E-state index in [1.807, 2.05) is 11.1 Å². The maximum atomic E-state index is 13.1. The SMILES string of the molecule is Cl.Cl.O=C(c1cn2c(n1)CCNCC2)N1C[C@H]2C[C@@H](Oc3ccc(F)cc3)[C@H](O)C[C@H]2C1. The molecule has 0 unspecified atom stereocenters. The molecule has 2 aliphatic heterocycles. The summed E-state index contributed by atoms with van der Waals surface area (Å²) in [5.41, 5.74) is 0.519. The molecule has 3 aliphatic rings. The van der Waals surface area contributed by atoms with E-state index in [1.165, 1.54) is 12.1 Å². The fourth-order valence-electron chi connectivity index (χ4n) is 5.01. The van der Waals surface area contributed by atoms with Crippen LogP contribution in [-0.2, 0) is 13.0 Å². The predicted molar refractivity (Wildman–Crippen MR) is 122 cm³/mol. The number of hydrogen-bond acceptors (Lipinski definition) is 5. The van der Waals surface area contributed by atoms with E-state index in [-0.39, 0.29) is 54.5 Å². The minimum atomic E-state index is -0.595. The van der Waals surface area contributed by atoms with Gasteiger partial charge >= 0.3 is 0 Å². The van der Waals surface area contributed by atoms with Crippen LogP contribution in [-0.4, -0.2) is 63.9 Å². The average molecular weight is 487 g/mol. The van der Waals surface area contributed by atoms with Gasteiger partial charge in [-0.05, 0) is 48.9 Å². The summed E-state index contributed by atoms with van der Waals surface area (Å²) < 4.78 is 21.1. The lowest BCUT2D eigenvalue weighted by Crippen LogP contribution is -2.42. The van der Waals surface area contributed by atoms with E-state index < -0.39 is 6.10 Å². The first-order chi connectivity index (χ1) is 14.6. The first-order valence-corrected chi connectivity index (χ1v) is 10.7. The van der Waals surface area contributed by atoms with Crippen molar-refractivity contribution in [1.82, 2.24) is 19.8 Å². The van der Waals surface area contributed by atoms with E-state index in [9.17, 15) is 14.3 Å². The molecule has 2 aromatic rings. The lowest BCUT2D eigenvalue weighted by molar-refractivity contribution is -0.0231. The Balaban J connectivity index is 0.00000144. The number of halogens is 3. The molecule has 176 valence electrons. The molecule has 3 heterocycles. The highest BCUT2D eigenvalue weighted by atomic mass is 35.5. The minimum absolute atomic E-state index is 0. The van der Waals surface area contributed by atoms with Gasteiger partial charge in [0.05, 0.1) is 6.10 Å². The number of likely N-dealkylation sites (tertiary alicyclic amines) is 1. The molecule has 0 spiro atoms. The minimum Gasteiger partial charge on any atom is -0.488 e. The Kier molecular flexibility index (Phi) is 8.03. The van der Waals surface area contributed by atoms with Crippen molar-refractivity contribution in [3.05, 3.63) is 47.8 Å². The van der Waals surface area contributed by atoms with Crippen LogP contribution in [0.5, 0.6) is 5.75 Å². The van der Waals surface area contributed by atoms with Crippen LogP contribution < -0.4 is 10.1 Å². The van der Waals surface area contributed by atoms with Crippen molar-refractivity contribution < 1.29 is 19.0 Å². The molecule has 1 aliphatic carbocycles. The maximum absolute atomic E-state index is 13.1. The average Bonchev–Trinajstić information content (AvgIpc) is 3.27. The highest BCUT2D eigenvalue weighted by molar-refractivity contribution is 5.92. The molecule has 1 amide bonds. The monoisotopic (exact) mass is 486 g/mol. The van der Waals surface area contributed by atoms with Crippen molar-refractivity contribution >= 4 is 30.7 Å². The smallest absolute Gasteiger partial charge is 0.274 e. The van der Waals surface area contributed by atoms with Gasteiger partial charge in [0, 0.05) is 45.3 Å². The number of imidazole rings is 1. The second kappa shape index (κ2) is 10.4. The van der Waals surface area contributed by atoms with Gasteiger partial charge in [-0.25, -0.2) is 9.37 Å². The van der Waals surface area contributed by atoms with Crippen molar-refractivity contribution in [2.75, 3.05) is 26.2 Å². The van der Waals surface area contributed by atoms with Crippen molar-refractivity contribution in [2.45, 2.75) is 38.0 Å². The molecule has 0 radical (unpaired) electrons. The second-order valence-corrected chi connectivity index (χ2v) is 8.62. The van der Waals surface area contributed by atoms with E-state index in [1.54, 1.807) is 12.1 Å². The van der Waals surface area contributed by atoms with Crippen molar-refractivity contribution in [3.8, 4) is 5.75 Å². The van der Waals surface area contributed by atoms with E-state index in [0.717, 1.165) is 31.9 Å². The zero-order chi connectivity index (χ0) is 20.7. The quantitative estimate of drug-likeness (QED) is 0.695. The topological polar surface area (TPSA) is 79.6 Å². The number of hydrogen-bond donors (Lipinski definition) is 2. The number of aliphatic hydroxyl groups is 1. The number of nitrogens with one attached hydrogen (secondary N) is 1. The third kappa shape index (κ3) is 5.03. The lowest BCUT2D eigenvalue weighted by Gasteiger charge is -2.35. The molecule has 32 heavy (non-hydrogen) atoms. The molecule has 1 saturated carbocycles. The molecule has 5 rings (SSSR count). The van der Waals surface area contributed by atoms with Gasteiger partial charge in [-0.1, -0.05) is 0 Å². The Hall–Kier alpha value is -1.87. The van der Waals surface area contributed by atoms with E-state index in [0.29, 0.717) is 37.4 Å². The number of carbonyl (C=O) groups excluding carboxylic acids is 1. The molecule has 2 fully saturated rings. The summed E-state index contributed by atoms with van der Waals surface area (Å²) in [5.74, 6) is 1.73. The predicted octanol–water partition coefficient (Wildman–Crippen LogP) is 2.30. The van der Waals surface area contributed by atoms with Crippen LogP contribution in [0.3, 0.4) is 0 Å². The zero-order valence-electron chi connectivity index (χ0n) is 17.7. The summed E-state index contributed by atoms with van der Waals surface area (Å²) >= 11 is 0. The van der Waals surface area contributed by atoms with Crippen LogP contribution in [0, 0.1) is 17.7 Å². The molecule has 1 aromatic carbocycles. The third-order valence-electron chi connectivity index (χ3n) is 6.61. The molecule has 0 bridgehead atoms. The van der Waals surface area contributed by atoms with Crippen LogP contribution in [0.15, 0.2) is 30.5 Å². The summed E-state index contributed by atoms with van der Waals surface area (Å²) in [6.07, 6.45) is 3.05. The van der Waals surface area contributed by atoms with Gasteiger partial charge in [-0.15, -0.1) is 24.8 Å². The Labute approximate surface area is 199 Å². The largest absolute Gasteiger partial charge is 0.488 e. The van der Waals surface area contributed by atoms with Gasteiger partial charge in [0.1, 0.15) is 29.2 Å². The third-order valence-corrected chi connectivity index (χ3v) is 6.61. The highest BCUT2D eigenvalue weighted by Gasteiger charge is 2.44. The summed E-state index contributed by atoms with van der Waals surface area (Å²) in [6, 6.07) is 5.87. The number of carbonyl (C=O) groups is 1. The highest BCUT2D eigenvalue weighted by Crippen LogP contribution is 2.38. The van der Waals surface area contributed by atoms with Crippen LogP contribution in [0.2, 0.25) is 0 Å². The number of nitrogens with zero attached hydrogens (tertiary/aromatic N) is 3. The number of ether oxygens (including phenoxy) is 1. The molecule has 7 nitrogen and oxygen atoms in total. The molecule has 2 N–H and O–H groups in total. The van der Waals surface area contributed by atoms with Crippen molar-refractivity contribution in [3.63, 3.8) is 0 Å². The van der Waals surface area contributed by atoms with Crippen molar-refractivity contribution in [2.24, 2.45) is 11.8 Å². The molecule has 10 heteroatoms. The molecule has 1 saturated heterocycles. The van der Waals surface area contributed by atoms with Gasteiger partial charge < -0.3 is 24.6 Å². The molecule has 4 atom stereocenters.